The van der Waals surface area contributed by atoms with Crippen LogP contribution in [0.25, 0.3) is 0 Å². The Hall–Kier alpha value is -3.25. The molecule has 0 aliphatic rings. The first-order chi connectivity index (χ1) is 13.9. The van der Waals surface area contributed by atoms with Crippen molar-refractivity contribution in [3.63, 3.8) is 0 Å². The molecule has 4 nitrogen and oxygen atoms in total. The normalized spacial score (nSPS) is 11.8. The van der Waals surface area contributed by atoms with Crippen molar-refractivity contribution in [1.29, 1.82) is 0 Å². The van der Waals surface area contributed by atoms with Crippen LogP contribution >= 0.6 is 0 Å². The molecule has 0 aliphatic carbocycles. The minimum Gasteiger partial charge on any atom is -0.489 e. The van der Waals surface area contributed by atoms with Crippen molar-refractivity contribution in [2.45, 2.75) is 25.6 Å². The van der Waals surface area contributed by atoms with E-state index in [1.165, 1.54) is 42.5 Å². The number of aliphatic hydroxyl groups is 1. The Balaban J connectivity index is 1.70. The van der Waals surface area contributed by atoms with Gasteiger partial charge >= 0.3 is 5.97 Å². The lowest BCUT2D eigenvalue weighted by Gasteiger charge is -2.14. The first-order valence-corrected chi connectivity index (χ1v) is 9.09. The highest BCUT2D eigenvalue weighted by molar-refractivity contribution is 5.89. The molecule has 1 unspecified atom stereocenters. The van der Waals surface area contributed by atoms with Gasteiger partial charge in [0.2, 0.25) is 0 Å². The predicted octanol–water partition coefficient (Wildman–Crippen LogP) is 4.91. The zero-order chi connectivity index (χ0) is 20.8. The maximum atomic E-state index is 13.0. The van der Waals surface area contributed by atoms with Gasteiger partial charge in [0.15, 0.2) is 0 Å². The smallest absolute Gasteiger partial charge is 0.335 e. The number of aromatic carboxylic acids is 1. The average Bonchev–Trinajstić information content (AvgIpc) is 2.72. The average molecular weight is 398 g/mol. The molecule has 0 amide bonds. The summed E-state index contributed by atoms with van der Waals surface area (Å²) < 4.78 is 31.7. The van der Waals surface area contributed by atoms with Crippen LogP contribution in [-0.4, -0.2) is 16.2 Å². The number of carboxylic acid groups (broad SMARTS) is 1. The Kier molecular flexibility index (Phi) is 6.57. The predicted molar refractivity (Wildman–Crippen MR) is 104 cm³/mol. The summed E-state index contributed by atoms with van der Waals surface area (Å²) >= 11 is 0. The van der Waals surface area contributed by atoms with Crippen molar-refractivity contribution in [2.75, 3.05) is 0 Å². The molecule has 3 aromatic carbocycles. The van der Waals surface area contributed by atoms with Gasteiger partial charge in [-0.1, -0.05) is 24.3 Å². The Morgan fingerprint density at radius 2 is 1.55 bits per heavy atom. The minimum atomic E-state index is -1.07. The minimum absolute atomic E-state index is 0.130. The zero-order valence-electron chi connectivity index (χ0n) is 15.5. The summed E-state index contributed by atoms with van der Waals surface area (Å²) in [4.78, 5) is 11.5. The van der Waals surface area contributed by atoms with Crippen LogP contribution < -0.4 is 4.74 Å². The molecule has 0 heterocycles. The van der Waals surface area contributed by atoms with E-state index in [-0.39, 0.29) is 30.2 Å². The number of aryl methyl sites for hydroxylation is 1. The largest absolute Gasteiger partial charge is 0.489 e. The molecule has 0 aliphatic heterocycles. The van der Waals surface area contributed by atoms with Crippen molar-refractivity contribution in [3.8, 4) is 5.75 Å². The molecule has 6 heteroatoms. The van der Waals surface area contributed by atoms with E-state index in [1.54, 1.807) is 24.3 Å². The molecule has 0 saturated heterocycles. The van der Waals surface area contributed by atoms with Gasteiger partial charge in [0.05, 0.1) is 11.7 Å². The van der Waals surface area contributed by atoms with E-state index in [0.29, 0.717) is 23.3 Å². The van der Waals surface area contributed by atoms with Crippen LogP contribution in [-0.2, 0) is 13.0 Å². The number of hydrogen-bond donors (Lipinski definition) is 2. The number of carboxylic acids is 1. The highest BCUT2D eigenvalue weighted by Gasteiger charge is 2.14. The maximum absolute atomic E-state index is 13.0. The molecule has 1 atom stereocenters. The van der Waals surface area contributed by atoms with E-state index < -0.39 is 12.1 Å². The van der Waals surface area contributed by atoms with E-state index in [9.17, 15) is 23.8 Å². The number of benzene rings is 3. The van der Waals surface area contributed by atoms with Gasteiger partial charge in [-0.05, 0) is 72.0 Å². The number of ether oxygens (including phenoxy) is 1. The van der Waals surface area contributed by atoms with E-state index in [2.05, 4.69) is 0 Å². The molecule has 29 heavy (non-hydrogen) atoms. The van der Waals surface area contributed by atoms with Crippen LogP contribution in [0.3, 0.4) is 0 Å². The molecular weight excluding hydrogens is 378 g/mol. The SMILES string of the molecule is O=C(O)c1ccc(OCc2ccc(F)cc2)cc1CCC(O)c1ccc(F)cc1. The van der Waals surface area contributed by atoms with Crippen LogP contribution in [0.1, 0.15) is 39.6 Å². The second kappa shape index (κ2) is 9.30. The van der Waals surface area contributed by atoms with Crippen LogP contribution in [0.5, 0.6) is 5.75 Å². The molecule has 0 saturated carbocycles. The van der Waals surface area contributed by atoms with Crippen LogP contribution in [0.2, 0.25) is 0 Å². The van der Waals surface area contributed by atoms with Gasteiger partial charge in [-0.3, -0.25) is 0 Å². The van der Waals surface area contributed by atoms with Gasteiger partial charge in [0.25, 0.3) is 0 Å². The summed E-state index contributed by atoms with van der Waals surface area (Å²) in [7, 11) is 0. The highest BCUT2D eigenvalue weighted by atomic mass is 19.1. The first-order valence-electron chi connectivity index (χ1n) is 9.09. The second-order valence-corrected chi connectivity index (χ2v) is 6.65. The van der Waals surface area contributed by atoms with Gasteiger partial charge < -0.3 is 14.9 Å². The third-order valence-electron chi connectivity index (χ3n) is 4.57. The summed E-state index contributed by atoms with van der Waals surface area (Å²) in [6, 6.07) is 16.1. The lowest BCUT2D eigenvalue weighted by Crippen LogP contribution is -2.06. The molecule has 0 spiro atoms. The van der Waals surface area contributed by atoms with E-state index in [0.717, 1.165) is 5.56 Å². The second-order valence-electron chi connectivity index (χ2n) is 6.65. The highest BCUT2D eigenvalue weighted by Crippen LogP contribution is 2.24. The molecule has 2 N–H and O–H groups in total. The standard InChI is InChI=1S/C23H20F2O4/c24-18-6-1-15(2-7-18)14-29-20-10-11-21(23(27)28)17(13-20)5-12-22(26)16-3-8-19(25)9-4-16/h1-4,6-11,13,22,26H,5,12,14H2,(H,27,28). The molecule has 3 aromatic rings. The van der Waals surface area contributed by atoms with Crippen LogP contribution in [0.4, 0.5) is 8.78 Å². The van der Waals surface area contributed by atoms with Gasteiger partial charge in [0.1, 0.15) is 24.0 Å². The lowest BCUT2D eigenvalue weighted by molar-refractivity contribution is 0.0695. The summed E-state index contributed by atoms with van der Waals surface area (Å²) in [5, 5.41) is 19.7. The lowest BCUT2D eigenvalue weighted by atomic mass is 9.98. The summed E-state index contributed by atoms with van der Waals surface area (Å²) in [6.07, 6.45) is -0.276. The Morgan fingerprint density at radius 1 is 0.931 bits per heavy atom. The van der Waals surface area contributed by atoms with Crippen molar-refractivity contribution >= 4 is 5.97 Å². The summed E-state index contributed by atoms with van der Waals surface area (Å²) in [6.45, 7) is 0.213. The first kappa shape index (κ1) is 20.5. The molecule has 0 fully saturated rings. The third kappa shape index (κ3) is 5.62. The van der Waals surface area contributed by atoms with Gasteiger partial charge in [-0.25, -0.2) is 13.6 Å². The Bertz CT molecular complexity index is 969. The van der Waals surface area contributed by atoms with Gasteiger partial charge in [0, 0.05) is 0 Å². The van der Waals surface area contributed by atoms with Gasteiger partial charge in [-0.15, -0.1) is 0 Å². The zero-order valence-corrected chi connectivity index (χ0v) is 15.5. The Morgan fingerprint density at radius 3 is 2.17 bits per heavy atom. The molecule has 0 aromatic heterocycles. The molecule has 3 rings (SSSR count). The number of rotatable bonds is 8. The molecule has 0 radical (unpaired) electrons. The summed E-state index contributed by atoms with van der Waals surface area (Å²) in [5.41, 5.74) is 2.00. The number of aliphatic hydroxyl groups excluding tert-OH is 1. The fourth-order valence-corrected chi connectivity index (χ4v) is 2.97. The van der Waals surface area contributed by atoms with E-state index >= 15 is 0 Å². The van der Waals surface area contributed by atoms with Crippen LogP contribution in [0.15, 0.2) is 66.7 Å². The fraction of sp³-hybridized carbons (Fsp3) is 0.174. The maximum Gasteiger partial charge on any atom is 0.335 e. The summed E-state index contributed by atoms with van der Waals surface area (Å²) in [5.74, 6) is -1.31. The van der Waals surface area contributed by atoms with E-state index in [4.69, 9.17) is 4.74 Å². The number of hydrogen-bond acceptors (Lipinski definition) is 3. The molecule has 0 bridgehead atoms. The number of carbonyl (C=O) groups is 1. The third-order valence-corrected chi connectivity index (χ3v) is 4.57. The molecular formula is C23H20F2O4. The van der Waals surface area contributed by atoms with Crippen molar-refractivity contribution in [3.05, 3.63) is 101 Å². The van der Waals surface area contributed by atoms with Crippen molar-refractivity contribution in [2.24, 2.45) is 0 Å². The quantitative estimate of drug-likeness (QED) is 0.566. The van der Waals surface area contributed by atoms with Crippen molar-refractivity contribution < 1.29 is 28.5 Å². The van der Waals surface area contributed by atoms with E-state index in [1.807, 2.05) is 0 Å². The fourth-order valence-electron chi connectivity index (χ4n) is 2.97. The Labute approximate surface area is 167 Å². The number of halogens is 2. The van der Waals surface area contributed by atoms with Gasteiger partial charge in [-0.2, -0.15) is 0 Å². The molecule has 150 valence electrons. The topological polar surface area (TPSA) is 66.8 Å². The van der Waals surface area contributed by atoms with Crippen LogP contribution in [0, 0.1) is 11.6 Å². The monoisotopic (exact) mass is 398 g/mol. The van der Waals surface area contributed by atoms with Crippen molar-refractivity contribution in [1.82, 2.24) is 0 Å².